The molecule has 0 heterocycles. The Kier molecular flexibility index (Phi) is 30.1. The SMILES string of the molecule is CCCCCCCCCCCCCCCCCCCCCCCCCOCCOCCOS(=O)(=O)ON. The average molecular weight is 552 g/mol. The highest BCUT2D eigenvalue weighted by atomic mass is 32.3. The number of hydrogen-bond donors (Lipinski definition) is 1. The molecule has 0 aromatic carbocycles. The van der Waals surface area contributed by atoms with E-state index in [1.54, 1.807) is 0 Å². The normalized spacial score (nSPS) is 11.9. The van der Waals surface area contributed by atoms with E-state index in [0.29, 0.717) is 13.2 Å². The van der Waals surface area contributed by atoms with Crippen molar-refractivity contribution >= 4 is 10.4 Å². The molecule has 0 bridgehead atoms. The molecule has 0 fully saturated rings. The standard InChI is InChI=1S/C29H61NO6S/c1-2-3-4-5-6-7-8-9-10-11-12-13-14-15-16-17-18-19-20-21-22-23-24-25-33-26-27-34-28-29-35-37(31,32)36-30/h2-30H2,1H3. The summed E-state index contributed by atoms with van der Waals surface area (Å²) in [6.45, 7) is 3.96. The highest BCUT2D eigenvalue weighted by molar-refractivity contribution is 7.81. The monoisotopic (exact) mass is 551 g/mol. The third-order valence-corrected chi connectivity index (χ3v) is 7.53. The van der Waals surface area contributed by atoms with Gasteiger partial charge in [-0.1, -0.05) is 148 Å². The van der Waals surface area contributed by atoms with Crippen molar-refractivity contribution in [1.29, 1.82) is 0 Å². The zero-order valence-electron chi connectivity index (χ0n) is 24.2. The number of hydrogen-bond acceptors (Lipinski definition) is 7. The molecule has 7 nitrogen and oxygen atoms in total. The van der Waals surface area contributed by atoms with Crippen LogP contribution in [0.4, 0.5) is 0 Å². The van der Waals surface area contributed by atoms with Gasteiger partial charge in [0.05, 0.1) is 26.4 Å². The molecule has 0 spiro atoms. The zero-order chi connectivity index (χ0) is 27.1. The Balaban J connectivity index is 3.07. The lowest BCUT2D eigenvalue weighted by molar-refractivity contribution is 0.0337. The molecular weight excluding hydrogens is 490 g/mol. The van der Waals surface area contributed by atoms with Gasteiger partial charge in [0.2, 0.25) is 0 Å². The highest BCUT2D eigenvalue weighted by Crippen LogP contribution is 2.15. The predicted octanol–water partition coefficient (Wildman–Crippen LogP) is 8.16. The van der Waals surface area contributed by atoms with Gasteiger partial charge in [0.15, 0.2) is 0 Å². The van der Waals surface area contributed by atoms with Crippen LogP contribution in [0.2, 0.25) is 0 Å². The number of ether oxygens (including phenoxy) is 2. The van der Waals surface area contributed by atoms with Crippen LogP contribution in [0, 0.1) is 0 Å². The van der Waals surface area contributed by atoms with Crippen molar-refractivity contribution in [3.05, 3.63) is 0 Å². The third-order valence-electron chi connectivity index (χ3n) is 6.84. The fourth-order valence-electron chi connectivity index (χ4n) is 4.53. The van der Waals surface area contributed by atoms with Crippen molar-refractivity contribution in [1.82, 2.24) is 0 Å². The Morgan fingerprint density at radius 1 is 0.432 bits per heavy atom. The number of rotatable bonds is 32. The largest absolute Gasteiger partial charge is 0.415 e. The van der Waals surface area contributed by atoms with E-state index < -0.39 is 10.4 Å². The molecule has 224 valence electrons. The van der Waals surface area contributed by atoms with Crippen LogP contribution in [0.25, 0.3) is 0 Å². The molecule has 0 aromatic heterocycles. The van der Waals surface area contributed by atoms with Crippen LogP contribution < -0.4 is 5.90 Å². The molecule has 0 amide bonds. The van der Waals surface area contributed by atoms with Crippen LogP contribution in [0.5, 0.6) is 0 Å². The molecule has 0 saturated carbocycles. The van der Waals surface area contributed by atoms with Crippen molar-refractivity contribution in [2.75, 3.05) is 33.0 Å². The topological polar surface area (TPSA) is 97.1 Å². The fourth-order valence-corrected chi connectivity index (χ4v) is 4.86. The molecule has 0 unspecified atom stereocenters. The number of nitrogens with two attached hydrogens (primary N) is 1. The van der Waals surface area contributed by atoms with Crippen LogP contribution in [-0.2, 0) is 28.3 Å². The highest BCUT2D eigenvalue weighted by Gasteiger charge is 2.08. The van der Waals surface area contributed by atoms with E-state index in [2.05, 4.69) is 21.3 Å². The van der Waals surface area contributed by atoms with Gasteiger partial charge in [-0.05, 0) is 6.42 Å². The summed E-state index contributed by atoms with van der Waals surface area (Å²) >= 11 is 0. The Hall–Kier alpha value is -0.250. The van der Waals surface area contributed by atoms with E-state index in [1.807, 2.05) is 0 Å². The summed E-state index contributed by atoms with van der Waals surface area (Å²) in [6, 6.07) is 0. The van der Waals surface area contributed by atoms with Gasteiger partial charge in [-0.3, -0.25) is 0 Å². The summed E-state index contributed by atoms with van der Waals surface area (Å²) in [5.74, 6) is 4.55. The molecule has 0 aliphatic carbocycles. The first-order valence-corrected chi connectivity index (χ1v) is 16.9. The van der Waals surface area contributed by atoms with Crippen LogP contribution in [0.15, 0.2) is 0 Å². The zero-order valence-corrected chi connectivity index (χ0v) is 25.1. The summed E-state index contributed by atoms with van der Waals surface area (Å²) in [4.78, 5) is 0. The molecule has 0 atom stereocenters. The molecule has 2 N–H and O–H groups in total. The molecule has 0 radical (unpaired) electrons. The maximum atomic E-state index is 10.8. The maximum Gasteiger partial charge on any atom is 0.415 e. The first-order valence-electron chi connectivity index (χ1n) is 15.6. The molecular formula is C29H61NO6S. The van der Waals surface area contributed by atoms with Crippen molar-refractivity contribution in [3.63, 3.8) is 0 Å². The lowest BCUT2D eigenvalue weighted by atomic mass is 10.0. The molecule has 0 aliphatic rings. The predicted molar refractivity (Wildman–Crippen MR) is 154 cm³/mol. The van der Waals surface area contributed by atoms with Crippen molar-refractivity contribution < 1.29 is 26.4 Å². The van der Waals surface area contributed by atoms with Crippen LogP contribution in [-0.4, -0.2) is 41.5 Å². The van der Waals surface area contributed by atoms with Gasteiger partial charge < -0.3 is 9.47 Å². The van der Waals surface area contributed by atoms with Gasteiger partial charge in [0, 0.05) is 6.61 Å². The molecule has 37 heavy (non-hydrogen) atoms. The van der Waals surface area contributed by atoms with E-state index in [0.717, 1.165) is 13.0 Å². The molecule has 0 aliphatic heterocycles. The first-order chi connectivity index (χ1) is 18.1. The minimum absolute atomic E-state index is 0.126. The second-order valence-corrected chi connectivity index (χ2v) is 11.6. The Bertz CT molecular complexity index is 532. The summed E-state index contributed by atoms with van der Waals surface area (Å²) in [5.41, 5.74) is 0. The van der Waals surface area contributed by atoms with Crippen molar-refractivity contribution in [3.8, 4) is 0 Å². The van der Waals surface area contributed by atoms with E-state index in [-0.39, 0.29) is 13.2 Å². The van der Waals surface area contributed by atoms with E-state index in [9.17, 15) is 8.42 Å². The molecule has 0 rings (SSSR count). The van der Waals surface area contributed by atoms with Crippen molar-refractivity contribution in [2.45, 2.75) is 155 Å². The van der Waals surface area contributed by atoms with Gasteiger partial charge in [0.1, 0.15) is 0 Å². The fraction of sp³-hybridized carbons (Fsp3) is 1.00. The maximum absolute atomic E-state index is 10.8. The van der Waals surface area contributed by atoms with Gasteiger partial charge in [-0.25, -0.2) is 4.18 Å². The second-order valence-electron chi connectivity index (χ2n) is 10.3. The van der Waals surface area contributed by atoms with Crippen LogP contribution in [0.3, 0.4) is 0 Å². The molecule has 8 heteroatoms. The third kappa shape index (κ3) is 31.9. The average Bonchev–Trinajstić information content (AvgIpc) is 2.89. The first kappa shape index (κ1) is 36.8. The van der Waals surface area contributed by atoms with Gasteiger partial charge in [-0.2, -0.15) is 18.6 Å². The van der Waals surface area contributed by atoms with Crippen LogP contribution in [0.1, 0.15) is 155 Å². The quantitative estimate of drug-likeness (QED) is 0.0665. The van der Waals surface area contributed by atoms with Crippen molar-refractivity contribution in [2.24, 2.45) is 5.90 Å². The lowest BCUT2D eigenvalue weighted by Gasteiger charge is -2.06. The number of unbranched alkanes of at least 4 members (excludes halogenated alkanes) is 22. The summed E-state index contributed by atoms with van der Waals surface area (Å²) in [6.07, 6.45) is 32.1. The van der Waals surface area contributed by atoms with Gasteiger partial charge >= 0.3 is 10.4 Å². The molecule has 0 aromatic rings. The van der Waals surface area contributed by atoms with E-state index >= 15 is 0 Å². The van der Waals surface area contributed by atoms with E-state index in [4.69, 9.17) is 9.47 Å². The summed E-state index contributed by atoms with van der Waals surface area (Å²) in [5, 5.41) is 0. The van der Waals surface area contributed by atoms with E-state index in [1.165, 1.54) is 141 Å². The molecule has 0 saturated heterocycles. The minimum Gasteiger partial charge on any atom is -0.379 e. The van der Waals surface area contributed by atoms with Gasteiger partial charge in [-0.15, -0.1) is 0 Å². The van der Waals surface area contributed by atoms with Gasteiger partial charge in [0.25, 0.3) is 0 Å². The Morgan fingerprint density at radius 2 is 0.730 bits per heavy atom. The smallest absolute Gasteiger partial charge is 0.379 e. The lowest BCUT2D eigenvalue weighted by Crippen LogP contribution is -2.17. The Morgan fingerprint density at radius 3 is 1.08 bits per heavy atom. The summed E-state index contributed by atoms with van der Waals surface area (Å²) in [7, 11) is -4.08. The minimum atomic E-state index is -4.08. The van der Waals surface area contributed by atoms with Crippen LogP contribution >= 0.6 is 0 Å². The second kappa shape index (κ2) is 30.3. The summed E-state index contributed by atoms with van der Waals surface area (Å²) < 4.78 is 40.4. The Labute approximate surface area is 230 Å².